The van der Waals surface area contributed by atoms with Crippen LogP contribution in [0.25, 0.3) is 0 Å². The van der Waals surface area contributed by atoms with Crippen LogP contribution < -0.4 is 34.5 Å². The van der Waals surface area contributed by atoms with Crippen molar-refractivity contribution in [2.75, 3.05) is 18.0 Å². The van der Waals surface area contributed by atoms with Gasteiger partial charge in [0.2, 0.25) is 5.69 Å². The maximum Gasteiger partial charge on any atom is 1.00 e. The summed E-state index contributed by atoms with van der Waals surface area (Å²) in [4.78, 5) is 42.5. The van der Waals surface area contributed by atoms with Gasteiger partial charge in [-0.25, -0.2) is 4.79 Å². The van der Waals surface area contributed by atoms with Crippen molar-refractivity contribution >= 4 is 45.0 Å². The van der Waals surface area contributed by atoms with E-state index in [1.165, 1.54) is 6.07 Å². The number of anilines is 1. The van der Waals surface area contributed by atoms with Gasteiger partial charge in [0.25, 0.3) is 21.9 Å². The minimum absolute atomic E-state index is 0. The Balaban J connectivity index is 0.00000562. The minimum Gasteiger partial charge on any atom is -0.344 e. The van der Waals surface area contributed by atoms with Crippen LogP contribution in [0.5, 0.6) is 0 Å². The molecule has 1 fully saturated rings. The molecule has 2 amide bonds. The predicted molar refractivity (Wildman–Crippen MR) is 187 cm³/mol. The molecular formula is C38H42N3NaO7S+2. The number of carbonyl (C=O) groups excluding carboxylic acids is 3. The van der Waals surface area contributed by atoms with Gasteiger partial charge >= 0.3 is 35.5 Å². The Kier molecular flexibility index (Phi) is 11.9. The Hall–Kier alpha value is -3.79. The number of amides is 2. The van der Waals surface area contributed by atoms with Crippen LogP contribution >= 0.6 is 0 Å². The van der Waals surface area contributed by atoms with Crippen molar-refractivity contribution in [3.8, 4) is 11.8 Å². The Morgan fingerprint density at radius 1 is 0.980 bits per heavy atom. The molecule has 50 heavy (non-hydrogen) atoms. The van der Waals surface area contributed by atoms with Crippen LogP contribution in [-0.2, 0) is 40.2 Å². The average molecular weight is 708 g/mol. The molecule has 1 N–H and O–H groups in total. The molecule has 0 spiro atoms. The molecule has 1 saturated heterocycles. The molecule has 2 aromatic rings. The molecular weight excluding hydrogens is 665 g/mol. The second-order valence-corrected chi connectivity index (χ2v) is 14.6. The van der Waals surface area contributed by atoms with Crippen LogP contribution in [0, 0.1) is 11.8 Å². The number of hydroxylamine groups is 2. The number of benzene rings is 2. The SMILES string of the molecule is CCN1\C(=C/C=C/C=C/C2=[N+](CC)c3ccc(S(=O)(=O)O)cc3C2(C)C)C(C)(C)c2cc(C#CCCC(=O)ON3C(=O)CCC3=O)ccc21.[Na+]. The maximum atomic E-state index is 12.1. The third-order valence-electron chi connectivity index (χ3n) is 9.30. The van der Waals surface area contributed by atoms with Gasteiger partial charge in [-0.1, -0.05) is 43.9 Å². The number of likely N-dealkylation sites (N-methyl/N-ethyl adjacent to an activating group) is 1. The first kappa shape index (κ1) is 39.0. The molecule has 0 atom stereocenters. The van der Waals surface area contributed by atoms with Crippen molar-refractivity contribution in [2.45, 2.75) is 83.0 Å². The molecule has 3 aliphatic rings. The van der Waals surface area contributed by atoms with Crippen molar-refractivity contribution in [3.63, 3.8) is 0 Å². The molecule has 0 bridgehead atoms. The molecule has 0 radical (unpaired) electrons. The van der Waals surface area contributed by atoms with Crippen molar-refractivity contribution in [1.29, 1.82) is 0 Å². The zero-order chi connectivity index (χ0) is 35.7. The van der Waals surface area contributed by atoms with Gasteiger partial charge in [-0.05, 0) is 69.7 Å². The van der Waals surface area contributed by atoms with Crippen molar-refractivity contribution in [2.24, 2.45) is 0 Å². The quantitative estimate of drug-likeness (QED) is 0.106. The first-order valence-corrected chi connectivity index (χ1v) is 17.8. The zero-order valence-corrected chi connectivity index (χ0v) is 32.6. The Morgan fingerprint density at radius 2 is 1.68 bits per heavy atom. The van der Waals surface area contributed by atoms with Gasteiger partial charge in [0.1, 0.15) is 6.54 Å². The van der Waals surface area contributed by atoms with E-state index >= 15 is 0 Å². The Bertz CT molecular complexity index is 2020. The maximum absolute atomic E-state index is 12.1. The number of hydrogen-bond donors (Lipinski definition) is 1. The molecule has 0 unspecified atom stereocenters. The molecule has 0 saturated carbocycles. The summed E-state index contributed by atoms with van der Waals surface area (Å²) < 4.78 is 35.4. The Morgan fingerprint density at radius 3 is 2.32 bits per heavy atom. The van der Waals surface area contributed by atoms with Crippen molar-refractivity contribution in [3.05, 3.63) is 89.2 Å². The van der Waals surface area contributed by atoms with E-state index in [4.69, 9.17) is 4.84 Å². The molecule has 10 nitrogen and oxygen atoms in total. The van der Waals surface area contributed by atoms with E-state index in [1.807, 2.05) is 51.1 Å². The second kappa shape index (κ2) is 15.2. The second-order valence-electron chi connectivity index (χ2n) is 13.2. The third-order valence-corrected chi connectivity index (χ3v) is 10.2. The number of carbonyl (C=O) groups is 3. The first-order chi connectivity index (χ1) is 23.1. The van der Waals surface area contributed by atoms with Crippen LogP contribution in [-0.4, -0.2) is 59.2 Å². The van der Waals surface area contributed by atoms with Gasteiger partial charge in [0.05, 0.1) is 16.7 Å². The summed E-state index contributed by atoms with van der Waals surface area (Å²) in [7, 11) is -4.31. The van der Waals surface area contributed by atoms with E-state index in [0.29, 0.717) is 11.6 Å². The topological polar surface area (TPSA) is 124 Å². The number of hydrogen-bond acceptors (Lipinski definition) is 7. The normalized spacial score (nSPS) is 18.5. The van der Waals surface area contributed by atoms with Crippen LogP contribution in [0.1, 0.15) is 83.9 Å². The van der Waals surface area contributed by atoms with E-state index in [9.17, 15) is 27.4 Å². The summed E-state index contributed by atoms with van der Waals surface area (Å²) >= 11 is 0. The van der Waals surface area contributed by atoms with Crippen molar-refractivity contribution in [1.82, 2.24) is 5.06 Å². The Labute approximate surface area is 316 Å². The van der Waals surface area contributed by atoms with E-state index in [2.05, 4.69) is 60.3 Å². The van der Waals surface area contributed by atoms with Gasteiger partial charge < -0.3 is 9.74 Å². The number of imide groups is 1. The molecule has 3 aliphatic heterocycles. The molecule has 0 aromatic heterocycles. The molecule has 5 rings (SSSR count). The van der Waals surface area contributed by atoms with Crippen LogP contribution in [0.4, 0.5) is 11.4 Å². The molecule has 12 heteroatoms. The fraction of sp³-hybridized carbons (Fsp3) is 0.368. The van der Waals surface area contributed by atoms with E-state index in [0.717, 1.165) is 46.0 Å². The van der Waals surface area contributed by atoms with Crippen LogP contribution in [0.3, 0.4) is 0 Å². The third kappa shape index (κ3) is 7.60. The molecule has 256 valence electrons. The largest absolute Gasteiger partial charge is 1.00 e. The molecule has 0 aliphatic carbocycles. The first-order valence-electron chi connectivity index (χ1n) is 16.4. The fourth-order valence-corrected chi connectivity index (χ4v) is 7.25. The summed E-state index contributed by atoms with van der Waals surface area (Å²) in [6.07, 6.45) is 10.5. The van der Waals surface area contributed by atoms with E-state index in [1.54, 1.807) is 12.1 Å². The molecule has 3 heterocycles. The van der Waals surface area contributed by atoms with E-state index < -0.39 is 33.3 Å². The predicted octanol–water partition coefficient (Wildman–Crippen LogP) is 2.89. The van der Waals surface area contributed by atoms with Crippen molar-refractivity contribution < 1.29 is 66.3 Å². The van der Waals surface area contributed by atoms with E-state index in [-0.39, 0.29) is 65.6 Å². The fourth-order valence-electron chi connectivity index (χ4n) is 6.74. The van der Waals surface area contributed by atoms with Gasteiger partial charge in [0, 0.05) is 65.9 Å². The van der Waals surface area contributed by atoms with Gasteiger partial charge in [-0.15, -0.1) is 5.06 Å². The van der Waals surface area contributed by atoms with Crippen LogP contribution in [0.15, 0.2) is 77.4 Å². The summed E-state index contributed by atoms with van der Waals surface area (Å²) in [5.74, 6) is 4.46. The zero-order valence-electron chi connectivity index (χ0n) is 29.7. The number of fused-ring (bicyclic) bond motifs is 2. The van der Waals surface area contributed by atoms with Gasteiger partial charge in [0.15, 0.2) is 5.71 Å². The summed E-state index contributed by atoms with van der Waals surface area (Å²) in [5.41, 5.74) is 6.25. The minimum atomic E-state index is -4.31. The molecule has 2 aromatic carbocycles. The number of allylic oxidation sites excluding steroid dienone is 6. The summed E-state index contributed by atoms with van der Waals surface area (Å²) in [5, 5.41) is 0.551. The monoisotopic (exact) mass is 707 g/mol. The standard InChI is InChI=1S/C38H41N3O7S.Na/c1-7-39-30-20-18-26(14-12-13-17-36(44)48-41-34(42)22-23-35(41)43)24-28(30)37(3,4)32(39)15-10-9-11-16-33-38(5,6)29-25-27(49(45,46)47)19-21-31(29)40(33)8-2;/h9-11,15-16,18-21,24-25H,7-8,13,17,22-23H2,1-6H3;/q;+1/p+1. The average Bonchev–Trinajstić information content (AvgIpc) is 3.56. The summed E-state index contributed by atoms with van der Waals surface area (Å²) in [6.45, 7) is 14.1. The van der Waals surface area contributed by atoms with Gasteiger partial charge in [-0.3, -0.25) is 14.1 Å². The number of rotatable bonds is 9. The smallest absolute Gasteiger partial charge is 0.344 e. The summed E-state index contributed by atoms with van der Waals surface area (Å²) in [6, 6.07) is 10.9. The number of nitrogens with zero attached hydrogens (tertiary/aromatic N) is 3. The van der Waals surface area contributed by atoms with Crippen LogP contribution in [0.2, 0.25) is 0 Å². The van der Waals surface area contributed by atoms with Gasteiger partial charge in [-0.2, -0.15) is 13.0 Å².